The number of nitrogens with one attached hydrogen (secondary N) is 1. The first-order chi connectivity index (χ1) is 17.7. The Kier molecular flexibility index (Phi) is 12.4. The van der Waals surface area contributed by atoms with E-state index in [0.29, 0.717) is 31.1 Å². The largest absolute Gasteiger partial charge is 0.494 e. The van der Waals surface area contributed by atoms with Gasteiger partial charge in [-0.1, -0.05) is 24.6 Å². The fourth-order valence-electron chi connectivity index (χ4n) is 4.41. The minimum atomic E-state index is 0.0967. The van der Waals surface area contributed by atoms with Crippen molar-refractivity contribution in [2.45, 2.75) is 57.9 Å². The summed E-state index contributed by atoms with van der Waals surface area (Å²) in [5.41, 5.74) is 2.46. The molecule has 7 heteroatoms. The second-order valence-electron chi connectivity index (χ2n) is 9.28. The van der Waals surface area contributed by atoms with Crippen LogP contribution in [-0.2, 0) is 22.5 Å². The van der Waals surface area contributed by atoms with Crippen molar-refractivity contribution in [3.63, 3.8) is 0 Å². The van der Waals surface area contributed by atoms with E-state index in [1.807, 2.05) is 24.3 Å². The summed E-state index contributed by atoms with van der Waals surface area (Å²) >= 11 is 0. The van der Waals surface area contributed by atoms with Crippen molar-refractivity contribution < 1.29 is 23.7 Å². The fourth-order valence-corrected chi connectivity index (χ4v) is 4.41. The molecule has 1 N–H and O–H groups in total. The number of hydrogen-bond donors (Lipinski definition) is 1. The summed E-state index contributed by atoms with van der Waals surface area (Å²) in [6.07, 6.45) is 7.95. The summed E-state index contributed by atoms with van der Waals surface area (Å²) in [6, 6.07) is 14.3. The van der Waals surface area contributed by atoms with E-state index in [2.05, 4.69) is 28.4 Å². The molecule has 0 saturated carbocycles. The predicted molar refractivity (Wildman–Crippen MR) is 142 cm³/mol. The minimum absolute atomic E-state index is 0.0967. The van der Waals surface area contributed by atoms with Crippen LogP contribution in [0.25, 0.3) is 0 Å². The van der Waals surface area contributed by atoms with Gasteiger partial charge in [-0.2, -0.15) is 0 Å². The summed E-state index contributed by atoms with van der Waals surface area (Å²) in [7, 11) is 3.21. The summed E-state index contributed by atoms with van der Waals surface area (Å²) in [5, 5.41) is 3.00. The van der Waals surface area contributed by atoms with Crippen LogP contribution in [0, 0.1) is 0 Å². The van der Waals surface area contributed by atoms with E-state index in [1.165, 1.54) is 37.9 Å². The summed E-state index contributed by atoms with van der Waals surface area (Å²) in [5.74, 6) is 2.36. The number of aryl methyl sites for hydroxylation is 1. The van der Waals surface area contributed by atoms with Gasteiger partial charge in [-0.3, -0.25) is 9.69 Å². The normalized spacial score (nSPS) is 13.8. The molecule has 2 aromatic carbocycles. The maximum Gasteiger partial charge on any atom is 0.219 e. The lowest BCUT2D eigenvalue weighted by Crippen LogP contribution is -2.29. The molecule has 0 aromatic heterocycles. The smallest absolute Gasteiger partial charge is 0.219 e. The predicted octanol–water partition coefficient (Wildman–Crippen LogP) is 4.96. The van der Waals surface area contributed by atoms with Crippen LogP contribution < -0.4 is 19.5 Å². The highest BCUT2D eigenvalue weighted by molar-refractivity contribution is 5.75. The monoisotopic (exact) mass is 498 g/mol. The number of likely N-dealkylation sites (tertiary alicyclic amines) is 1. The number of carbonyl (C=O) groups is 1. The van der Waals surface area contributed by atoms with Crippen molar-refractivity contribution in [2.75, 3.05) is 47.3 Å². The van der Waals surface area contributed by atoms with Crippen LogP contribution in [0.1, 0.15) is 56.1 Å². The number of amides is 1. The maximum atomic E-state index is 12.2. The molecule has 0 spiro atoms. The molecule has 3 rings (SSSR count). The Labute approximate surface area is 216 Å². The van der Waals surface area contributed by atoms with Gasteiger partial charge in [0.05, 0.1) is 13.7 Å². The third-order valence-corrected chi connectivity index (χ3v) is 6.34. The zero-order chi connectivity index (χ0) is 25.4. The molecule has 7 nitrogen and oxygen atoms in total. The second-order valence-corrected chi connectivity index (χ2v) is 9.28. The molecule has 1 fully saturated rings. The summed E-state index contributed by atoms with van der Waals surface area (Å²) in [4.78, 5) is 14.7. The van der Waals surface area contributed by atoms with Crippen molar-refractivity contribution in [1.29, 1.82) is 0 Å². The molecule has 1 saturated heterocycles. The molecular formula is C29H42N2O5. The molecule has 1 amide bonds. The van der Waals surface area contributed by atoms with E-state index in [0.717, 1.165) is 43.5 Å². The molecular weight excluding hydrogens is 456 g/mol. The minimum Gasteiger partial charge on any atom is -0.494 e. The average Bonchev–Trinajstić information content (AvgIpc) is 2.91. The SMILES string of the molecule is COCOc1ccc(CCCCC(=O)NCCCOc2cccc(CN3CCCCC3)c2)cc1OC. The van der Waals surface area contributed by atoms with Gasteiger partial charge >= 0.3 is 0 Å². The van der Waals surface area contributed by atoms with E-state index < -0.39 is 0 Å². The molecule has 1 aliphatic rings. The third-order valence-electron chi connectivity index (χ3n) is 6.34. The van der Waals surface area contributed by atoms with Crippen LogP contribution in [0.5, 0.6) is 17.2 Å². The Balaban J connectivity index is 1.25. The number of nitrogens with zero attached hydrogens (tertiary/aromatic N) is 1. The number of piperidine rings is 1. The molecule has 36 heavy (non-hydrogen) atoms. The zero-order valence-electron chi connectivity index (χ0n) is 21.9. The van der Waals surface area contributed by atoms with Gasteiger partial charge in [-0.15, -0.1) is 0 Å². The van der Waals surface area contributed by atoms with Crippen LogP contribution in [0.4, 0.5) is 0 Å². The zero-order valence-corrected chi connectivity index (χ0v) is 21.9. The first-order valence-electron chi connectivity index (χ1n) is 13.2. The Bertz CT molecular complexity index is 914. The van der Waals surface area contributed by atoms with Gasteiger partial charge in [0.25, 0.3) is 0 Å². The second kappa shape index (κ2) is 16.1. The molecule has 0 radical (unpaired) electrons. The number of unbranched alkanes of at least 4 members (excludes halogenated alkanes) is 1. The Morgan fingerprint density at radius 2 is 1.78 bits per heavy atom. The van der Waals surface area contributed by atoms with E-state index >= 15 is 0 Å². The maximum absolute atomic E-state index is 12.2. The van der Waals surface area contributed by atoms with Gasteiger partial charge in [0.15, 0.2) is 18.3 Å². The molecule has 198 valence electrons. The lowest BCUT2D eigenvalue weighted by atomic mass is 10.1. The molecule has 0 bridgehead atoms. The standard InChI is InChI=1S/C29H42N2O5/c1-33-23-36-27-15-14-24(21-28(27)34-2)10-4-5-13-29(32)30-16-9-19-35-26-12-8-11-25(20-26)22-31-17-6-3-7-18-31/h8,11-12,14-15,20-21H,3-7,9-10,13,16-19,22-23H2,1-2H3,(H,30,32). The average molecular weight is 499 g/mol. The van der Waals surface area contributed by atoms with Crippen molar-refractivity contribution in [2.24, 2.45) is 0 Å². The van der Waals surface area contributed by atoms with Crippen LogP contribution >= 0.6 is 0 Å². The number of hydrogen-bond acceptors (Lipinski definition) is 6. The van der Waals surface area contributed by atoms with Gasteiger partial charge in [0.2, 0.25) is 5.91 Å². The molecule has 2 aromatic rings. The third kappa shape index (κ3) is 10.1. The van der Waals surface area contributed by atoms with E-state index in [9.17, 15) is 4.79 Å². The Hall–Kier alpha value is -2.77. The molecule has 0 aliphatic carbocycles. The Morgan fingerprint density at radius 3 is 2.58 bits per heavy atom. The van der Waals surface area contributed by atoms with Gasteiger partial charge in [-0.25, -0.2) is 0 Å². The first-order valence-corrected chi connectivity index (χ1v) is 13.2. The number of ether oxygens (including phenoxy) is 4. The van der Waals surface area contributed by atoms with Crippen molar-refractivity contribution in [3.05, 3.63) is 53.6 Å². The number of carbonyl (C=O) groups excluding carboxylic acids is 1. The van der Waals surface area contributed by atoms with Crippen molar-refractivity contribution in [3.8, 4) is 17.2 Å². The van der Waals surface area contributed by atoms with Gasteiger partial charge in [-0.05, 0) is 87.0 Å². The van der Waals surface area contributed by atoms with Crippen LogP contribution in [0.15, 0.2) is 42.5 Å². The summed E-state index contributed by atoms with van der Waals surface area (Å²) in [6.45, 7) is 4.79. The first kappa shape index (κ1) is 27.8. The lowest BCUT2D eigenvalue weighted by Gasteiger charge is -2.26. The van der Waals surface area contributed by atoms with Crippen LogP contribution in [0.3, 0.4) is 0 Å². The van der Waals surface area contributed by atoms with Crippen LogP contribution in [0.2, 0.25) is 0 Å². The Morgan fingerprint density at radius 1 is 0.917 bits per heavy atom. The van der Waals surface area contributed by atoms with Gasteiger partial charge in [0.1, 0.15) is 5.75 Å². The van der Waals surface area contributed by atoms with Gasteiger partial charge < -0.3 is 24.3 Å². The summed E-state index contributed by atoms with van der Waals surface area (Å²) < 4.78 is 21.8. The molecule has 1 aliphatic heterocycles. The fraction of sp³-hybridized carbons (Fsp3) is 0.552. The number of benzene rings is 2. The number of methoxy groups -OCH3 is 2. The van der Waals surface area contributed by atoms with E-state index in [-0.39, 0.29) is 12.7 Å². The lowest BCUT2D eigenvalue weighted by molar-refractivity contribution is -0.121. The highest BCUT2D eigenvalue weighted by Gasteiger charge is 2.11. The highest BCUT2D eigenvalue weighted by atomic mass is 16.7. The topological polar surface area (TPSA) is 69.3 Å². The molecule has 0 atom stereocenters. The quantitative estimate of drug-likeness (QED) is 0.261. The highest BCUT2D eigenvalue weighted by Crippen LogP contribution is 2.28. The van der Waals surface area contributed by atoms with E-state index in [1.54, 1.807) is 14.2 Å². The van der Waals surface area contributed by atoms with Crippen LogP contribution in [-0.4, -0.2) is 58.1 Å². The van der Waals surface area contributed by atoms with Crippen molar-refractivity contribution in [1.82, 2.24) is 10.2 Å². The van der Waals surface area contributed by atoms with E-state index in [4.69, 9.17) is 18.9 Å². The molecule has 1 heterocycles. The van der Waals surface area contributed by atoms with Gasteiger partial charge in [0, 0.05) is 26.6 Å². The van der Waals surface area contributed by atoms with Crippen molar-refractivity contribution >= 4 is 5.91 Å². The molecule has 0 unspecified atom stereocenters. The number of rotatable bonds is 16.